The minimum Gasteiger partial charge on any atom is -0.493 e. The molecule has 2 rings (SSSR count). The van der Waals surface area contributed by atoms with Crippen molar-refractivity contribution in [2.45, 2.75) is 26.8 Å². The minimum atomic E-state index is -3.00. The molecule has 1 heterocycles. The molecular weight excluding hydrogens is 493 g/mol. The van der Waals surface area contributed by atoms with Crippen molar-refractivity contribution < 1.29 is 17.9 Å². The van der Waals surface area contributed by atoms with Crippen LogP contribution in [-0.2, 0) is 21.1 Å². The number of hydrogen-bond donors (Lipinski definition) is 2. The first-order valence-corrected chi connectivity index (χ1v) is 11.4. The van der Waals surface area contributed by atoms with E-state index < -0.39 is 9.84 Å². The lowest BCUT2D eigenvalue weighted by atomic mass is 10.1. The predicted octanol–water partition coefficient (Wildman–Crippen LogP) is 2.13. The molecule has 0 aromatic heterocycles. The van der Waals surface area contributed by atoms with Crippen LogP contribution >= 0.6 is 24.0 Å². The van der Waals surface area contributed by atoms with E-state index in [0.717, 1.165) is 36.5 Å². The Morgan fingerprint density at radius 3 is 2.79 bits per heavy atom. The number of ether oxygens (including phenoxy) is 2. The molecule has 0 radical (unpaired) electrons. The minimum absolute atomic E-state index is 0. The van der Waals surface area contributed by atoms with Gasteiger partial charge in [0.05, 0.1) is 25.5 Å². The van der Waals surface area contributed by atoms with E-state index in [1.54, 1.807) is 0 Å². The summed E-state index contributed by atoms with van der Waals surface area (Å²) in [7, 11) is -3.00. The van der Waals surface area contributed by atoms with E-state index in [1.807, 2.05) is 32.0 Å². The Kier molecular flexibility index (Phi) is 11.1. The maximum Gasteiger partial charge on any atom is 0.191 e. The molecule has 1 fully saturated rings. The summed E-state index contributed by atoms with van der Waals surface area (Å²) in [6.45, 7) is 7.69. The van der Waals surface area contributed by atoms with Crippen LogP contribution in [0.3, 0.4) is 0 Å². The molecule has 1 aromatic rings. The highest BCUT2D eigenvalue weighted by Gasteiger charge is 2.17. The summed E-state index contributed by atoms with van der Waals surface area (Å²) in [5.41, 5.74) is 2.14. The van der Waals surface area contributed by atoms with Crippen molar-refractivity contribution in [2.24, 2.45) is 10.9 Å². The fraction of sp³-hybridized carbons (Fsp3) is 0.632. The molecule has 1 saturated heterocycles. The third kappa shape index (κ3) is 9.42. The van der Waals surface area contributed by atoms with Gasteiger partial charge in [-0.05, 0) is 31.9 Å². The SMILES string of the molecule is CCNC(=NCc1ccc(C)cc1OCC1CCOC1)NCCS(C)(=O)=O.I. The Balaban J connectivity index is 0.00000392. The van der Waals surface area contributed by atoms with Crippen molar-refractivity contribution in [2.75, 3.05) is 44.9 Å². The molecule has 1 aliphatic heterocycles. The smallest absolute Gasteiger partial charge is 0.191 e. The maximum atomic E-state index is 11.3. The summed E-state index contributed by atoms with van der Waals surface area (Å²) >= 11 is 0. The van der Waals surface area contributed by atoms with Crippen molar-refractivity contribution >= 4 is 39.8 Å². The molecule has 0 bridgehead atoms. The van der Waals surface area contributed by atoms with E-state index >= 15 is 0 Å². The first-order valence-electron chi connectivity index (χ1n) is 9.37. The number of sulfone groups is 1. The third-order valence-electron chi connectivity index (χ3n) is 4.24. The Bertz CT molecular complexity index is 735. The Hall–Kier alpha value is -1.07. The van der Waals surface area contributed by atoms with E-state index in [4.69, 9.17) is 9.47 Å². The van der Waals surface area contributed by atoms with Crippen LogP contribution in [-0.4, -0.2) is 59.3 Å². The van der Waals surface area contributed by atoms with Crippen molar-refractivity contribution in [3.8, 4) is 5.75 Å². The summed E-state index contributed by atoms with van der Waals surface area (Å²) in [6, 6.07) is 6.10. The number of aryl methyl sites for hydroxylation is 1. The van der Waals surface area contributed by atoms with Crippen LogP contribution in [0.5, 0.6) is 5.75 Å². The Labute approximate surface area is 185 Å². The Morgan fingerprint density at radius 1 is 1.36 bits per heavy atom. The number of rotatable bonds is 9. The molecule has 0 aliphatic carbocycles. The van der Waals surface area contributed by atoms with E-state index in [-0.39, 0.29) is 29.7 Å². The summed E-state index contributed by atoms with van der Waals surface area (Å²) in [4.78, 5) is 4.57. The van der Waals surface area contributed by atoms with Gasteiger partial charge >= 0.3 is 0 Å². The van der Waals surface area contributed by atoms with E-state index in [2.05, 4.69) is 15.6 Å². The van der Waals surface area contributed by atoms with Gasteiger partial charge in [-0.25, -0.2) is 13.4 Å². The number of nitrogens with zero attached hydrogens (tertiary/aromatic N) is 1. The van der Waals surface area contributed by atoms with Gasteiger partial charge < -0.3 is 20.1 Å². The number of guanidine groups is 1. The van der Waals surface area contributed by atoms with Gasteiger partial charge in [-0.1, -0.05) is 12.1 Å². The van der Waals surface area contributed by atoms with Gasteiger partial charge in [0, 0.05) is 37.4 Å². The van der Waals surface area contributed by atoms with Crippen molar-refractivity contribution in [3.05, 3.63) is 29.3 Å². The zero-order chi connectivity index (χ0) is 19.7. The molecule has 28 heavy (non-hydrogen) atoms. The second-order valence-electron chi connectivity index (χ2n) is 6.90. The van der Waals surface area contributed by atoms with Gasteiger partial charge in [-0.2, -0.15) is 0 Å². The summed E-state index contributed by atoms with van der Waals surface area (Å²) in [6.07, 6.45) is 2.26. The van der Waals surface area contributed by atoms with Crippen molar-refractivity contribution in [1.29, 1.82) is 0 Å². The van der Waals surface area contributed by atoms with Crippen molar-refractivity contribution in [1.82, 2.24) is 10.6 Å². The Morgan fingerprint density at radius 2 is 2.14 bits per heavy atom. The number of hydrogen-bond acceptors (Lipinski definition) is 5. The normalized spacial score (nSPS) is 17.1. The second kappa shape index (κ2) is 12.5. The maximum absolute atomic E-state index is 11.3. The number of halogens is 1. The quantitative estimate of drug-likeness (QED) is 0.292. The van der Waals surface area contributed by atoms with Crippen LogP contribution < -0.4 is 15.4 Å². The fourth-order valence-electron chi connectivity index (χ4n) is 2.71. The summed E-state index contributed by atoms with van der Waals surface area (Å²) < 4.78 is 34.0. The second-order valence-corrected chi connectivity index (χ2v) is 9.16. The number of benzene rings is 1. The van der Waals surface area contributed by atoms with Crippen molar-refractivity contribution in [3.63, 3.8) is 0 Å². The monoisotopic (exact) mass is 525 g/mol. The molecule has 1 aromatic carbocycles. The van der Waals surface area contributed by atoms with Gasteiger partial charge in [0.15, 0.2) is 5.96 Å². The molecule has 9 heteroatoms. The molecule has 160 valence electrons. The third-order valence-corrected chi connectivity index (χ3v) is 5.18. The van der Waals surface area contributed by atoms with Gasteiger partial charge in [0.1, 0.15) is 15.6 Å². The van der Waals surface area contributed by atoms with Gasteiger partial charge in [-0.3, -0.25) is 0 Å². The fourth-order valence-corrected chi connectivity index (χ4v) is 3.18. The predicted molar refractivity (Wildman–Crippen MR) is 124 cm³/mol. The van der Waals surface area contributed by atoms with E-state index in [1.165, 1.54) is 6.26 Å². The van der Waals surface area contributed by atoms with Gasteiger partial charge in [0.2, 0.25) is 0 Å². The first kappa shape index (κ1) is 25.0. The molecule has 1 atom stereocenters. The lowest BCUT2D eigenvalue weighted by molar-refractivity contribution is 0.166. The molecule has 0 saturated carbocycles. The summed E-state index contributed by atoms with van der Waals surface area (Å²) in [5, 5.41) is 6.19. The van der Waals surface area contributed by atoms with Gasteiger partial charge in [-0.15, -0.1) is 24.0 Å². The van der Waals surface area contributed by atoms with Crippen LogP contribution in [0.25, 0.3) is 0 Å². The molecule has 1 unspecified atom stereocenters. The van der Waals surface area contributed by atoms with E-state index in [0.29, 0.717) is 38.1 Å². The molecule has 0 spiro atoms. The van der Waals surface area contributed by atoms with Crippen LogP contribution in [0, 0.1) is 12.8 Å². The number of aliphatic imine (C=N–C) groups is 1. The zero-order valence-electron chi connectivity index (χ0n) is 16.9. The standard InChI is InChI=1S/C19H31N3O4S.HI/c1-4-20-19(21-8-10-27(3,23)24)22-12-17-6-5-15(2)11-18(17)26-14-16-7-9-25-13-16;/h5-6,11,16H,4,7-10,12-14H2,1-3H3,(H2,20,21,22);1H. The lowest BCUT2D eigenvalue weighted by Crippen LogP contribution is -2.39. The number of nitrogens with one attached hydrogen (secondary N) is 2. The molecule has 0 amide bonds. The highest BCUT2D eigenvalue weighted by molar-refractivity contribution is 14.0. The highest BCUT2D eigenvalue weighted by atomic mass is 127. The van der Waals surface area contributed by atoms with Gasteiger partial charge in [0.25, 0.3) is 0 Å². The summed E-state index contributed by atoms with van der Waals surface area (Å²) in [5.74, 6) is 1.95. The average molecular weight is 525 g/mol. The van der Waals surface area contributed by atoms with Crippen LogP contribution in [0.1, 0.15) is 24.5 Å². The molecular formula is C19H32IN3O4S. The molecule has 7 nitrogen and oxygen atoms in total. The zero-order valence-corrected chi connectivity index (χ0v) is 20.0. The first-order chi connectivity index (χ1) is 12.9. The molecule has 2 N–H and O–H groups in total. The van der Waals surface area contributed by atoms with E-state index in [9.17, 15) is 8.42 Å². The topological polar surface area (TPSA) is 89.0 Å². The van der Waals surface area contributed by atoms with Crippen LogP contribution in [0.2, 0.25) is 0 Å². The average Bonchev–Trinajstić information content (AvgIpc) is 3.11. The molecule has 1 aliphatic rings. The lowest BCUT2D eigenvalue weighted by Gasteiger charge is -2.15. The highest BCUT2D eigenvalue weighted by Crippen LogP contribution is 2.23. The largest absolute Gasteiger partial charge is 0.493 e. The van der Waals surface area contributed by atoms with Crippen LogP contribution in [0.4, 0.5) is 0 Å². The van der Waals surface area contributed by atoms with Crippen LogP contribution in [0.15, 0.2) is 23.2 Å².